The van der Waals surface area contributed by atoms with Crippen molar-refractivity contribution in [3.8, 4) is 5.75 Å². The molecule has 0 fully saturated rings. The molecule has 21 heavy (non-hydrogen) atoms. The molecule has 2 unspecified atom stereocenters. The molecule has 0 aliphatic rings. The largest absolute Gasteiger partial charge is 0.497 e. The number of hydrogen-bond donors (Lipinski definition) is 3. The summed E-state index contributed by atoms with van der Waals surface area (Å²) in [4.78, 5) is 12.6. The predicted octanol–water partition coefficient (Wildman–Crippen LogP) is 0.723. The number of carbonyl (C=O) groups is 1. The fourth-order valence-electron chi connectivity index (χ4n) is 2.11. The van der Waals surface area contributed by atoms with E-state index in [0.717, 1.165) is 11.3 Å². The molecule has 6 nitrogen and oxygen atoms in total. The van der Waals surface area contributed by atoms with Crippen LogP contribution in [0.4, 0.5) is 0 Å². The van der Waals surface area contributed by atoms with Gasteiger partial charge in [-0.15, -0.1) is 0 Å². The number of methoxy groups -OCH3 is 1. The average Bonchev–Trinajstić information content (AvgIpc) is 2.42. The number of rotatable bonds is 9. The summed E-state index contributed by atoms with van der Waals surface area (Å²) in [6.07, 6.45) is -1.13. The molecule has 0 heterocycles. The van der Waals surface area contributed by atoms with E-state index in [2.05, 4.69) is 10.2 Å². The lowest BCUT2D eigenvalue weighted by Gasteiger charge is -2.26. The molecule has 0 saturated carbocycles. The van der Waals surface area contributed by atoms with Crippen molar-refractivity contribution in [2.45, 2.75) is 18.6 Å². The highest BCUT2D eigenvalue weighted by Crippen LogP contribution is 2.22. The summed E-state index contributed by atoms with van der Waals surface area (Å²) in [5.41, 5.74) is 1.10. The van der Waals surface area contributed by atoms with Crippen molar-refractivity contribution >= 4 is 5.97 Å². The number of aliphatic hydroxyl groups is 1. The van der Waals surface area contributed by atoms with Gasteiger partial charge in [0.05, 0.1) is 19.6 Å². The summed E-state index contributed by atoms with van der Waals surface area (Å²) >= 11 is 0. The molecule has 0 aromatic heterocycles. The van der Waals surface area contributed by atoms with E-state index in [1.54, 1.807) is 7.11 Å². The Labute approximate surface area is 125 Å². The average molecular weight is 296 g/mol. The molecule has 0 spiro atoms. The van der Waals surface area contributed by atoms with E-state index in [1.165, 1.54) is 0 Å². The lowest BCUT2D eigenvalue weighted by molar-refractivity contribution is -0.139. The lowest BCUT2D eigenvalue weighted by Crippen LogP contribution is -2.35. The third kappa shape index (κ3) is 6.12. The minimum atomic E-state index is -0.999. The number of likely N-dealkylation sites (N-methyl/N-ethyl adjacent to an activating group) is 1. The van der Waals surface area contributed by atoms with E-state index in [0.29, 0.717) is 6.54 Å². The minimum absolute atomic E-state index is 0.108. The summed E-state index contributed by atoms with van der Waals surface area (Å²) in [6, 6.07) is 7.92. The fourth-order valence-corrected chi connectivity index (χ4v) is 2.11. The van der Waals surface area contributed by atoms with E-state index in [-0.39, 0.29) is 19.0 Å². The summed E-state index contributed by atoms with van der Waals surface area (Å²) in [5, 5.41) is 21.3. The first-order valence-corrected chi connectivity index (χ1v) is 6.85. The number of carboxylic acids is 1. The van der Waals surface area contributed by atoms with Crippen LogP contribution in [-0.2, 0) is 4.79 Å². The standard InChI is InChI=1S/C15H24N2O4/c1-17(2)14(10-16-9-12(18)8-15(19)20)11-5-4-6-13(7-11)21-3/h4-7,12,14,16,18H,8-10H2,1-3H3,(H,19,20). The molecule has 3 N–H and O–H groups in total. The maximum absolute atomic E-state index is 10.5. The second-order valence-corrected chi connectivity index (χ2v) is 5.17. The van der Waals surface area contributed by atoms with Gasteiger partial charge in [-0.2, -0.15) is 0 Å². The second kappa shape index (κ2) is 8.61. The van der Waals surface area contributed by atoms with Gasteiger partial charge in [-0.1, -0.05) is 12.1 Å². The molecule has 1 aromatic carbocycles. The van der Waals surface area contributed by atoms with Crippen LogP contribution < -0.4 is 10.1 Å². The van der Waals surface area contributed by atoms with Crippen LogP contribution in [0.5, 0.6) is 5.75 Å². The van der Waals surface area contributed by atoms with Crippen LogP contribution in [0, 0.1) is 0 Å². The molecule has 0 radical (unpaired) electrons. The molecule has 0 bridgehead atoms. The third-order valence-electron chi connectivity index (χ3n) is 3.23. The third-order valence-corrected chi connectivity index (χ3v) is 3.23. The number of aliphatic hydroxyl groups excluding tert-OH is 1. The van der Waals surface area contributed by atoms with E-state index in [4.69, 9.17) is 9.84 Å². The molecule has 118 valence electrons. The summed E-state index contributed by atoms with van der Waals surface area (Å²) in [6.45, 7) is 0.859. The number of nitrogens with one attached hydrogen (secondary N) is 1. The van der Waals surface area contributed by atoms with Crippen molar-refractivity contribution in [3.05, 3.63) is 29.8 Å². The maximum Gasteiger partial charge on any atom is 0.306 e. The van der Waals surface area contributed by atoms with Gasteiger partial charge in [0.2, 0.25) is 0 Å². The van der Waals surface area contributed by atoms with Crippen LogP contribution in [0.15, 0.2) is 24.3 Å². The van der Waals surface area contributed by atoms with Gasteiger partial charge in [0.1, 0.15) is 5.75 Å². The molecular formula is C15H24N2O4. The van der Waals surface area contributed by atoms with Crippen molar-refractivity contribution < 1.29 is 19.7 Å². The first-order chi connectivity index (χ1) is 9.93. The number of benzene rings is 1. The maximum atomic E-state index is 10.5. The summed E-state index contributed by atoms with van der Waals surface area (Å²) in [5.74, 6) is -0.202. The number of aliphatic carboxylic acids is 1. The highest BCUT2D eigenvalue weighted by molar-refractivity contribution is 5.67. The number of carboxylic acid groups (broad SMARTS) is 1. The van der Waals surface area contributed by atoms with Crippen LogP contribution in [0.25, 0.3) is 0 Å². The summed E-state index contributed by atoms with van der Waals surface area (Å²) < 4.78 is 5.23. The van der Waals surface area contributed by atoms with E-state index >= 15 is 0 Å². The van der Waals surface area contributed by atoms with Crippen molar-refractivity contribution in [1.29, 1.82) is 0 Å². The van der Waals surface area contributed by atoms with E-state index in [9.17, 15) is 9.90 Å². The van der Waals surface area contributed by atoms with Crippen LogP contribution in [-0.4, -0.2) is 61.5 Å². The zero-order valence-corrected chi connectivity index (χ0v) is 12.7. The fraction of sp³-hybridized carbons (Fsp3) is 0.533. The Morgan fingerprint density at radius 1 is 1.38 bits per heavy atom. The number of nitrogens with zero attached hydrogens (tertiary/aromatic N) is 1. The van der Waals surface area contributed by atoms with Crippen LogP contribution in [0.1, 0.15) is 18.0 Å². The monoisotopic (exact) mass is 296 g/mol. The van der Waals surface area contributed by atoms with Crippen molar-refractivity contribution in [1.82, 2.24) is 10.2 Å². The normalized spacial score (nSPS) is 14.0. The molecule has 0 amide bonds. The van der Waals surface area contributed by atoms with E-state index < -0.39 is 12.1 Å². The minimum Gasteiger partial charge on any atom is -0.497 e. The van der Waals surface area contributed by atoms with Crippen LogP contribution in [0.2, 0.25) is 0 Å². The Bertz CT molecular complexity index is 451. The predicted molar refractivity (Wildman–Crippen MR) is 80.6 cm³/mol. The Balaban J connectivity index is 2.59. The van der Waals surface area contributed by atoms with Crippen molar-refractivity contribution in [2.75, 3.05) is 34.3 Å². The van der Waals surface area contributed by atoms with Crippen molar-refractivity contribution in [3.63, 3.8) is 0 Å². The van der Waals surface area contributed by atoms with Gasteiger partial charge in [-0.3, -0.25) is 4.79 Å². The van der Waals surface area contributed by atoms with Crippen LogP contribution >= 0.6 is 0 Å². The molecule has 0 aliphatic heterocycles. The molecule has 1 aromatic rings. The zero-order chi connectivity index (χ0) is 15.8. The lowest BCUT2D eigenvalue weighted by atomic mass is 10.1. The van der Waals surface area contributed by atoms with Gasteiger partial charge in [0, 0.05) is 19.1 Å². The van der Waals surface area contributed by atoms with Crippen LogP contribution in [0.3, 0.4) is 0 Å². The highest BCUT2D eigenvalue weighted by atomic mass is 16.5. The van der Waals surface area contributed by atoms with Gasteiger partial charge in [-0.05, 0) is 31.8 Å². The molecular weight excluding hydrogens is 272 g/mol. The highest BCUT2D eigenvalue weighted by Gasteiger charge is 2.16. The first kappa shape index (κ1) is 17.4. The number of hydrogen-bond acceptors (Lipinski definition) is 5. The van der Waals surface area contributed by atoms with E-state index in [1.807, 2.05) is 38.4 Å². The molecule has 1 rings (SSSR count). The smallest absolute Gasteiger partial charge is 0.306 e. The Morgan fingerprint density at radius 3 is 2.67 bits per heavy atom. The Hall–Kier alpha value is -1.63. The topological polar surface area (TPSA) is 82.0 Å². The number of ether oxygens (including phenoxy) is 1. The Kier molecular flexibility index (Phi) is 7.14. The molecule has 0 saturated heterocycles. The quantitative estimate of drug-likeness (QED) is 0.623. The van der Waals surface area contributed by atoms with Gasteiger partial charge < -0.3 is 25.2 Å². The molecule has 6 heteroatoms. The van der Waals surface area contributed by atoms with Gasteiger partial charge >= 0.3 is 5.97 Å². The second-order valence-electron chi connectivity index (χ2n) is 5.17. The Morgan fingerprint density at radius 2 is 2.10 bits per heavy atom. The zero-order valence-electron chi connectivity index (χ0n) is 12.7. The van der Waals surface area contributed by atoms with Gasteiger partial charge in [0.25, 0.3) is 0 Å². The summed E-state index contributed by atoms with van der Waals surface area (Å²) in [7, 11) is 5.57. The van der Waals surface area contributed by atoms with Gasteiger partial charge in [-0.25, -0.2) is 0 Å². The van der Waals surface area contributed by atoms with Gasteiger partial charge in [0.15, 0.2) is 0 Å². The SMILES string of the molecule is COc1cccc(C(CNCC(O)CC(=O)O)N(C)C)c1. The molecule has 0 aliphatic carbocycles. The molecule has 2 atom stereocenters. The van der Waals surface area contributed by atoms with Crippen molar-refractivity contribution in [2.24, 2.45) is 0 Å². The first-order valence-electron chi connectivity index (χ1n) is 6.85.